The van der Waals surface area contributed by atoms with E-state index in [1.54, 1.807) is 37.4 Å². The average molecular weight is 554 g/mol. The molecule has 3 aromatic heterocycles. The lowest BCUT2D eigenvalue weighted by Crippen LogP contribution is -2.40. The lowest BCUT2D eigenvalue weighted by atomic mass is 10.2. The minimum atomic E-state index is -0.486. The van der Waals surface area contributed by atoms with Crippen molar-refractivity contribution >= 4 is 22.5 Å². The predicted octanol–water partition coefficient (Wildman–Crippen LogP) is 3.02. The second kappa shape index (κ2) is 12.0. The van der Waals surface area contributed by atoms with Gasteiger partial charge in [-0.2, -0.15) is 0 Å². The van der Waals surface area contributed by atoms with Crippen LogP contribution in [0.1, 0.15) is 36.2 Å². The molecule has 41 heavy (non-hydrogen) atoms. The summed E-state index contributed by atoms with van der Waals surface area (Å²) in [5.41, 5.74) is 1.91. The number of nitrogens with zero attached hydrogens (tertiary/aromatic N) is 4. The van der Waals surface area contributed by atoms with Gasteiger partial charge in [-0.3, -0.25) is 27.9 Å². The van der Waals surface area contributed by atoms with Crippen LogP contribution in [0, 0.1) is 6.92 Å². The van der Waals surface area contributed by atoms with E-state index < -0.39 is 5.69 Å². The fraction of sp³-hybridized carbons (Fsp3) is 0.258. The number of carbonyl (C=O) groups is 1. The minimum absolute atomic E-state index is 0.0324. The molecule has 3 heterocycles. The van der Waals surface area contributed by atoms with Crippen molar-refractivity contribution in [3.05, 3.63) is 121 Å². The number of aryl methyl sites for hydroxylation is 1. The van der Waals surface area contributed by atoms with Crippen LogP contribution in [0.3, 0.4) is 0 Å². The highest BCUT2D eigenvalue weighted by molar-refractivity contribution is 5.78. The molecule has 0 radical (unpaired) electrons. The molecule has 5 aromatic rings. The molecule has 0 aliphatic rings. The zero-order valence-electron chi connectivity index (χ0n) is 23.0. The van der Waals surface area contributed by atoms with Gasteiger partial charge in [0.15, 0.2) is 0 Å². The first-order chi connectivity index (χ1) is 19.9. The van der Waals surface area contributed by atoms with Gasteiger partial charge >= 0.3 is 5.69 Å². The molecule has 10 heteroatoms. The largest absolute Gasteiger partial charge is 0.496 e. The van der Waals surface area contributed by atoms with Crippen LogP contribution in [0.5, 0.6) is 5.75 Å². The SMILES string of the molecule is COc1ccccc1CNC(=O)CCCCn1c(=O)c2ccccc2n(Cc2cc(=O)n3c(C)cccc3n2)c1=O. The summed E-state index contributed by atoms with van der Waals surface area (Å²) in [5, 5.41) is 3.29. The van der Waals surface area contributed by atoms with Crippen LogP contribution in [0.2, 0.25) is 0 Å². The Hall–Kier alpha value is -4.99. The first-order valence-electron chi connectivity index (χ1n) is 13.5. The molecule has 210 valence electrons. The fourth-order valence-electron chi connectivity index (χ4n) is 5.01. The first kappa shape index (κ1) is 27.6. The number of fused-ring (bicyclic) bond motifs is 2. The van der Waals surface area contributed by atoms with Gasteiger partial charge in [-0.05, 0) is 50.1 Å². The van der Waals surface area contributed by atoms with Crippen molar-refractivity contribution in [2.24, 2.45) is 0 Å². The molecule has 5 rings (SSSR count). The molecule has 0 saturated carbocycles. The smallest absolute Gasteiger partial charge is 0.331 e. The van der Waals surface area contributed by atoms with Crippen molar-refractivity contribution in [2.45, 2.75) is 45.8 Å². The summed E-state index contributed by atoms with van der Waals surface area (Å²) in [5.74, 6) is 0.585. The Morgan fingerprint density at radius 1 is 0.927 bits per heavy atom. The van der Waals surface area contributed by atoms with Crippen molar-refractivity contribution in [1.29, 1.82) is 0 Å². The molecule has 2 aromatic carbocycles. The van der Waals surface area contributed by atoms with Crippen LogP contribution < -0.4 is 26.9 Å². The van der Waals surface area contributed by atoms with Crippen molar-refractivity contribution in [3.8, 4) is 5.75 Å². The first-order valence-corrected chi connectivity index (χ1v) is 13.5. The number of unbranched alkanes of at least 4 members (excludes halogenated alkanes) is 1. The Morgan fingerprint density at radius 2 is 1.71 bits per heavy atom. The summed E-state index contributed by atoms with van der Waals surface area (Å²) in [7, 11) is 1.59. The number of nitrogens with one attached hydrogen (secondary N) is 1. The van der Waals surface area contributed by atoms with E-state index in [0.717, 1.165) is 11.3 Å². The molecule has 10 nitrogen and oxygen atoms in total. The second-order valence-electron chi connectivity index (χ2n) is 9.83. The highest BCUT2D eigenvalue weighted by Gasteiger charge is 2.15. The Balaban J connectivity index is 1.33. The van der Waals surface area contributed by atoms with Crippen molar-refractivity contribution in [3.63, 3.8) is 0 Å². The molecule has 0 spiro atoms. The van der Waals surface area contributed by atoms with Crippen molar-refractivity contribution in [1.82, 2.24) is 23.8 Å². The highest BCUT2D eigenvalue weighted by Crippen LogP contribution is 2.17. The van der Waals surface area contributed by atoms with Crippen LogP contribution in [0.25, 0.3) is 16.6 Å². The number of ether oxygens (including phenoxy) is 1. The normalized spacial score (nSPS) is 11.2. The van der Waals surface area contributed by atoms with E-state index >= 15 is 0 Å². The van der Waals surface area contributed by atoms with E-state index in [9.17, 15) is 19.2 Å². The molecule has 1 amide bonds. The Morgan fingerprint density at radius 3 is 2.54 bits per heavy atom. The quantitative estimate of drug-likeness (QED) is 0.266. The number of aromatic nitrogens is 4. The van der Waals surface area contributed by atoms with E-state index in [2.05, 4.69) is 10.3 Å². The van der Waals surface area contributed by atoms with Gasteiger partial charge in [0.05, 0.1) is 30.3 Å². The number of carbonyl (C=O) groups excluding carboxylic acids is 1. The Kier molecular flexibility index (Phi) is 8.09. The van der Waals surface area contributed by atoms with Crippen LogP contribution in [-0.2, 0) is 24.4 Å². The van der Waals surface area contributed by atoms with Crippen molar-refractivity contribution < 1.29 is 9.53 Å². The maximum Gasteiger partial charge on any atom is 0.331 e. The monoisotopic (exact) mass is 553 g/mol. The second-order valence-corrected chi connectivity index (χ2v) is 9.83. The fourth-order valence-corrected chi connectivity index (χ4v) is 5.01. The summed E-state index contributed by atoms with van der Waals surface area (Å²) >= 11 is 0. The molecule has 0 bridgehead atoms. The summed E-state index contributed by atoms with van der Waals surface area (Å²) in [6.07, 6.45) is 1.22. The van der Waals surface area contributed by atoms with Crippen LogP contribution >= 0.6 is 0 Å². The zero-order valence-corrected chi connectivity index (χ0v) is 23.0. The molecule has 0 aliphatic carbocycles. The van der Waals surface area contributed by atoms with E-state index in [4.69, 9.17) is 4.74 Å². The molecule has 0 unspecified atom stereocenters. The topological polar surface area (TPSA) is 117 Å². The number of hydrogen-bond donors (Lipinski definition) is 1. The van der Waals surface area contributed by atoms with Crippen LogP contribution in [0.15, 0.2) is 87.2 Å². The third-order valence-electron chi connectivity index (χ3n) is 7.09. The third-order valence-corrected chi connectivity index (χ3v) is 7.09. The molecule has 0 atom stereocenters. The third kappa shape index (κ3) is 5.81. The van der Waals surface area contributed by atoms with Gasteiger partial charge < -0.3 is 10.1 Å². The maximum absolute atomic E-state index is 13.6. The average Bonchev–Trinajstić information content (AvgIpc) is 2.97. The molecule has 1 N–H and O–H groups in total. The minimum Gasteiger partial charge on any atom is -0.496 e. The predicted molar refractivity (Wildman–Crippen MR) is 156 cm³/mol. The van der Waals surface area contributed by atoms with Gasteiger partial charge in [0.2, 0.25) is 5.91 Å². The number of pyridine rings is 1. The molecular formula is C31H31N5O5. The van der Waals surface area contributed by atoms with Gasteiger partial charge in [-0.25, -0.2) is 9.78 Å². The van der Waals surface area contributed by atoms with Crippen LogP contribution in [-0.4, -0.2) is 31.5 Å². The highest BCUT2D eigenvalue weighted by atomic mass is 16.5. The van der Waals surface area contributed by atoms with Gasteiger partial charge in [-0.1, -0.05) is 36.4 Å². The van der Waals surface area contributed by atoms with Crippen molar-refractivity contribution in [2.75, 3.05) is 7.11 Å². The number of rotatable bonds is 10. The number of amides is 1. The molecule has 0 saturated heterocycles. The standard InChI is InChI=1S/C31H31N5O5/c1-21-10-9-15-27-33-23(18-29(38)36(21)27)20-35-25-13-5-4-12-24(25)30(39)34(31(35)40)17-8-7-16-28(37)32-19-22-11-3-6-14-26(22)41-2/h3-6,9-15,18H,7-8,16-17,19-20H2,1-2H3,(H,32,37). The van der Waals surface area contributed by atoms with Crippen LogP contribution in [0.4, 0.5) is 0 Å². The number of hydrogen-bond acceptors (Lipinski definition) is 6. The lowest BCUT2D eigenvalue weighted by Gasteiger charge is -2.14. The maximum atomic E-state index is 13.6. The number of methoxy groups -OCH3 is 1. The Labute approximate surface area is 235 Å². The van der Waals surface area contributed by atoms with E-state index in [1.165, 1.54) is 19.6 Å². The number of para-hydroxylation sites is 2. The summed E-state index contributed by atoms with van der Waals surface area (Å²) in [4.78, 5) is 56.7. The number of benzene rings is 2. The van der Waals surface area contributed by atoms with Gasteiger partial charge in [-0.15, -0.1) is 0 Å². The Bertz CT molecular complexity index is 1920. The molecule has 0 aliphatic heterocycles. The van der Waals surface area contributed by atoms with Gasteiger partial charge in [0.25, 0.3) is 11.1 Å². The lowest BCUT2D eigenvalue weighted by molar-refractivity contribution is -0.121. The van der Waals surface area contributed by atoms with E-state index in [1.807, 2.05) is 43.3 Å². The summed E-state index contributed by atoms with van der Waals surface area (Å²) < 4.78 is 9.51. The summed E-state index contributed by atoms with van der Waals surface area (Å²) in [6, 6.07) is 21.2. The summed E-state index contributed by atoms with van der Waals surface area (Å²) in [6.45, 7) is 2.37. The van der Waals surface area contributed by atoms with Gasteiger partial charge in [0.1, 0.15) is 11.4 Å². The zero-order chi connectivity index (χ0) is 28.9. The molecular weight excluding hydrogens is 522 g/mol. The van der Waals surface area contributed by atoms with E-state index in [0.29, 0.717) is 47.4 Å². The molecule has 0 fully saturated rings. The van der Waals surface area contributed by atoms with Gasteiger partial charge in [0, 0.05) is 36.8 Å². The van der Waals surface area contributed by atoms with E-state index in [-0.39, 0.29) is 36.5 Å².